The molecule has 4 nitrogen and oxygen atoms in total. The second-order valence-corrected chi connectivity index (χ2v) is 4.97. The van der Waals surface area contributed by atoms with E-state index in [9.17, 15) is 0 Å². The van der Waals surface area contributed by atoms with Crippen LogP contribution < -0.4 is 4.74 Å². The van der Waals surface area contributed by atoms with Gasteiger partial charge in [0.25, 0.3) is 0 Å². The van der Waals surface area contributed by atoms with E-state index in [1.807, 2.05) is 36.7 Å². The monoisotopic (exact) mass is 284 g/mol. The van der Waals surface area contributed by atoms with E-state index in [4.69, 9.17) is 9.84 Å². The highest BCUT2D eigenvalue weighted by Gasteiger charge is 2.06. The first-order valence-electron chi connectivity index (χ1n) is 7.04. The predicted octanol–water partition coefficient (Wildman–Crippen LogP) is 2.43. The number of nitrogens with zero attached hydrogens (tertiary/aromatic N) is 2. The molecular weight excluding hydrogens is 264 g/mol. The van der Waals surface area contributed by atoms with Crippen molar-refractivity contribution in [3.8, 4) is 17.6 Å². The Kier molecular flexibility index (Phi) is 5.42. The van der Waals surface area contributed by atoms with Crippen LogP contribution >= 0.6 is 0 Å². The Morgan fingerprint density at radius 2 is 2.24 bits per heavy atom. The molecule has 1 N–H and O–H groups in total. The molecule has 2 rings (SSSR count). The number of benzene rings is 1. The van der Waals surface area contributed by atoms with Gasteiger partial charge in [-0.1, -0.05) is 31.8 Å². The Morgan fingerprint density at radius 1 is 1.38 bits per heavy atom. The van der Waals surface area contributed by atoms with Gasteiger partial charge in [-0.15, -0.1) is 0 Å². The molecule has 0 spiro atoms. The van der Waals surface area contributed by atoms with Gasteiger partial charge in [-0.2, -0.15) is 0 Å². The number of aliphatic hydroxyl groups excluding tert-OH is 1. The van der Waals surface area contributed by atoms with Crippen molar-refractivity contribution in [2.24, 2.45) is 0 Å². The average Bonchev–Trinajstić information content (AvgIpc) is 2.94. The highest BCUT2D eigenvalue weighted by atomic mass is 16.5. The summed E-state index contributed by atoms with van der Waals surface area (Å²) in [6.45, 7) is 5.46. The molecule has 0 saturated heterocycles. The second kappa shape index (κ2) is 7.51. The lowest BCUT2D eigenvalue weighted by atomic mass is 10.2. The zero-order valence-electron chi connectivity index (χ0n) is 12.4. The molecule has 0 saturated carbocycles. The third-order valence-corrected chi connectivity index (χ3v) is 3.01. The van der Waals surface area contributed by atoms with Gasteiger partial charge in [-0.3, -0.25) is 0 Å². The van der Waals surface area contributed by atoms with Gasteiger partial charge in [-0.25, -0.2) is 4.98 Å². The van der Waals surface area contributed by atoms with Gasteiger partial charge in [0.15, 0.2) is 0 Å². The minimum Gasteiger partial charge on any atom is -0.492 e. The molecule has 0 fully saturated rings. The average molecular weight is 284 g/mol. The van der Waals surface area contributed by atoms with Crippen molar-refractivity contribution >= 4 is 0 Å². The number of ether oxygens (including phenoxy) is 1. The highest BCUT2D eigenvalue weighted by molar-refractivity contribution is 5.39. The van der Waals surface area contributed by atoms with E-state index in [0.29, 0.717) is 12.5 Å². The van der Waals surface area contributed by atoms with E-state index in [-0.39, 0.29) is 6.61 Å². The molecule has 2 aromatic rings. The molecule has 0 aliphatic carbocycles. The van der Waals surface area contributed by atoms with Crippen LogP contribution in [-0.2, 0) is 6.54 Å². The molecule has 110 valence electrons. The van der Waals surface area contributed by atoms with Crippen LogP contribution in [0.25, 0.3) is 0 Å². The molecule has 1 aromatic heterocycles. The molecule has 21 heavy (non-hydrogen) atoms. The van der Waals surface area contributed by atoms with Crippen molar-refractivity contribution in [1.29, 1.82) is 0 Å². The summed E-state index contributed by atoms with van der Waals surface area (Å²) in [6.07, 6.45) is 3.79. The second-order valence-electron chi connectivity index (χ2n) is 4.97. The van der Waals surface area contributed by atoms with Crippen molar-refractivity contribution in [3.05, 3.63) is 48.0 Å². The van der Waals surface area contributed by atoms with Crippen molar-refractivity contribution in [2.45, 2.75) is 26.3 Å². The summed E-state index contributed by atoms with van der Waals surface area (Å²) in [5.74, 6) is 7.75. The molecule has 1 aromatic carbocycles. The van der Waals surface area contributed by atoms with Crippen molar-refractivity contribution < 1.29 is 9.84 Å². The van der Waals surface area contributed by atoms with Crippen LogP contribution in [0.2, 0.25) is 0 Å². The molecule has 0 amide bonds. The predicted molar refractivity (Wildman–Crippen MR) is 82.2 cm³/mol. The number of aromatic nitrogens is 2. The lowest BCUT2D eigenvalue weighted by Crippen LogP contribution is -2.11. The van der Waals surface area contributed by atoms with E-state index in [1.54, 1.807) is 0 Å². The first-order chi connectivity index (χ1) is 10.2. The first kappa shape index (κ1) is 15.1. The van der Waals surface area contributed by atoms with Crippen molar-refractivity contribution in [3.63, 3.8) is 0 Å². The molecule has 1 heterocycles. The summed E-state index contributed by atoms with van der Waals surface area (Å²) >= 11 is 0. The van der Waals surface area contributed by atoms with Gasteiger partial charge in [0.1, 0.15) is 24.8 Å². The smallest absolute Gasteiger partial charge is 0.120 e. The van der Waals surface area contributed by atoms with Gasteiger partial charge in [-0.05, 0) is 18.2 Å². The van der Waals surface area contributed by atoms with E-state index in [1.165, 1.54) is 0 Å². The molecule has 0 aliphatic rings. The molecule has 0 radical (unpaired) electrons. The fraction of sp³-hybridized carbons (Fsp3) is 0.353. The summed E-state index contributed by atoms with van der Waals surface area (Å²) in [6, 6.07) is 7.57. The van der Waals surface area contributed by atoms with E-state index < -0.39 is 0 Å². The molecule has 0 aliphatic heterocycles. The number of hydrogen-bond donors (Lipinski definition) is 1. The quantitative estimate of drug-likeness (QED) is 0.858. The van der Waals surface area contributed by atoms with Gasteiger partial charge >= 0.3 is 0 Å². The van der Waals surface area contributed by atoms with Gasteiger partial charge in [0.2, 0.25) is 0 Å². The Bertz CT molecular complexity index is 635. The Labute approximate surface area is 125 Å². The minimum atomic E-state index is -0.135. The van der Waals surface area contributed by atoms with Crippen LogP contribution in [-0.4, -0.2) is 27.9 Å². The molecule has 0 atom stereocenters. The van der Waals surface area contributed by atoms with E-state index in [2.05, 4.69) is 35.2 Å². The summed E-state index contributed by atoms with van der Waals surface area (Å²) < 4.78 is 7.87. The number of aliphatic hydroxyl groups is 1. The van der Waals surface area contributed by atoms with Crippen LogP contribution in [0.5, 0.6) is 5.75 Å². The van der Waals surface area contributed by atoms with Crippen LogP contribution in [0.4, 0.5) is 0 Å². The van der Waals surface area contributed by atoms with Gasteiger partial charge in [0, 0.05) is 23.9 Å². The topological polar surface area (TPSA) is 47.3 Å². The van der Waals surface area contributed by atoms with Crippen LogP contribution in [0.15, 0.2) is 36.7 Å². The Morgan fingerprint density at radius 3 is 3.00 bits per heavy atom. The summed E-state index contributed by atoms with van der Waals surface area (Å²) in [5, 5.41) is 8.70. The lowest BCUT2D eigenvalue weighted by Gasteiger charge is -2.11. The van der Waals surface area contributed by atoms with E-state index >= 15 is 0 Å². The van der Waals surface area contributed by atoms with Crippen molar-refractivity contribution in [1.82, 2.24) is 9.55 Å². The van der Waals surface area contributed by atoms with Gasteiger partial charge in [0.05, 0.1) is 6.54 Å². The highest BCUT2D eigenvalue weighted by Crippen LogP contribution is 2.14. The van der Waals surface area contributed by atoms with Crippen LogP contribution in [0.1, 0.15) is 31.2 Å². The summed E-state index contributed by atoms with van der Waals surface area (Å²) in [4.78, 5) is 4.35. The third-order valence-electron chi connectivity index (χ3n) is 3.01. The normalized spacial score (nSPS) is 10.3. The number of rotatable bonds is 5. The van der Waals surface area contributed by atoms with E-state index in [0.717, 1.165) is 23.7 Å². The van der Waals surface area contributed by atoms with Gasteiger partial charge < -0.3 is 14.4 Å². The molecule has 0 unspecified atom stereocenters. The number of imidazole rings is 1. The zero-order chi connectivity index (χ0) is 15.1. The number of hydrogen-bond acceptors (Lipinski definition) is 3. The lowest BCUT2D eigenvalue weighted by molar-refractivity contribution is 0.295. The fourth-order valence-electron chi connectivity index (χ4n) is 2.08. The fourth-order valence-corrected chi connectivity index (χ4v) is 2.08. The van der Waals surface area contributed by atoms with Crippen molar-refractivity contribution in [2.75, 3.05) is 13.2 Å². The molecule has 4 heteroatoms. The van der Waals surface area contributed by atoms with Crippen LogP contribution in [0, 0.1) is 11.8 Å². The molecular formula is C17H20N2O2. The molecule has 0 bridgehead atoms. The maximum absolute atomic E-state index is 8.70. The zero-order valence-corrected chi connectivity index (χ0v) is 12.4. The maximum Gasteiger partial charge on any atom is 0.120 e. The Hall–Kier alpha value is -2.25. The SMILES string of the molecule is CC(C)c1nccn1CCOc1cccc(C#CCO)c1. The minimum absolute atomic E-state index is 0.135. The largest absolute Gasteiger partial charge is 0.492 e. The maximum atomic E-state index is 8.70. The third kappa shape index (κ3) is 4.37. The van der Waals surface area contributed by atoms with Crippen LogP contribution in [0.3, 0.4) is 0 Å². The Balaban J connectivity index is 1.93. The summed E-state index contributed by atoms with van der Waals surface area (Å²) in [5.41, 5.74) is 0.840. The first-order valence-corrected chi connectivity index (χ1v) is 7.04. The summed E-state index contributed by atoms with van der Waals surface area (Å²) in [7, 11) is 0. The standard InChI is InChI=1S/C17H20N2O2/c1-14(2)17-18-8-9-19(17)10-12-21-16-7-3-5-15(13-16)6-4-11-20/h3,5,7-9,13-14,20H,10-12H2,1-2H3.